The third-order valence-electron chi connectivity index (χ3n) is 5.41. The summed E-state index contributed by atoms with van der Waals surface area (Å²) in [4.78, 5) is 29.5. The molecule has 11 heteroatoms. The fourth-order valence-electron chi connectivity index (χ4n) is 3.74. The number of halogens is 1. The van der Waals surface area contributed by atoms with Crippen molar-refractivity contribution in [2.24, 2.45) is 0 Å². The first kappa shape index (κ1) is 23.8. The van der Waals surface area contributed by atoms with E-state index in [0.717, 1.165) is 24.2 Å². The maximum absolute atomic E-state index is 14.6. The van der Waals surface area contributed by atoms with E-state index in [1.165, 1.54) is 36.4 Å². The lowest BCUT2D eigenvalue weighted by Gasteiger charge is -2.15. The largest absolute Gasteiger partial charge is 0.465 e. The van der Waals surface area contributed by atoms with Gasteiger partial charge in [-0.1, -0.05) is 18.2 Å². The first-order valence-electron chi connectivity index (χ1n) is 10.6. The minimum atomic E-state index is -4.15. The summed E-state index contributed by atoms with van der Waals surface area (Å²) in [5.74, 6) is -0.856. The van der Waals surface area contributed by atoms with E-state index >= 15 is 0 Å². The van der Waals surface area contributed by atoms with Gasteiger partial charge in [0.05, 0.1) is 9.90 Å². The van der Waals surface area contributed by atoms with Crippen molar-refractivity contribution < 1.29 is 27.5 Å². The quantitative estimate of drug-likeness (QED) is 0.506. The van der Waals surface area contributed by atoms with Crippen molar-refractivity contribution in [3.05, 3.63) is 64.9 Å². The van der Waals surface area contributed by atoms with Crippen LogP contribution in [0.25, 0.3) is 11.3 Å². The Morgan fingerprint density at radius 2 is 1.85 bits per heavy atom. The van der Waals surface area contributed by atoms with E-state index in [4.69, 9.17) is 5.11 Å². The van der Waals surface area contributed by atoms with Gasteiger partial charge in [-0.2, -0.15) is 0 Å². The van der Waals surface area contributed by atoms with E-state index < -0.39 is 21.7 Å². The number of nitrogens with one attached hydrogen (secondary N) is 1. The van der Waals surface area contributed by atoms with E-state index in [2.05, 4.69) is 10.3 Å². The Labute approximate surface area is 200 Å². The van der Waals surface area contributed by atoms with Crippen LogP contribution in [0.1, 0.15) is 28.2 Å². The summed E-state index contributed by atoms with van der Waals surface area (Å²) in [5, 5.41) is 11.3. The monoisotopic (exact) mass is 503 g/mol. The van der Waals surface area contributed by atoms with Gasteiger partial charge in [0, 0.05) is 37.2 Å². The highest BCUT2D eigenvalue weighted by Gasteiger charge is 2.29. The van der Waals surface area contributed by atoms with Crippen LogP contribution in [0.2, 0.25) is 0 Å². The van der Waals surface area contributed by atoms with Gasteiger partial charge in [-0.25, -0.2) is 22.6 Å². The van der Waals surface area contributed by atoms with Crippen LogP contribution < -0.4 is 5.32 Å². The second-order valence-corrected chi connectivity index (χ2v) is 11.0. The second-order valence-electron chi connectivity index (χ2n) is 7.74. The van der Waals surface area contributed by atoms with Gasteiger partial charge in [-0.3, -0.25) is 4.79 Å². The number of hydrogen-bond donors (Lipinski definition) is 2. The Balaban J connectivity index is 1.75. The Hall–Kier alpha value is -3.31. The van der Waals surface area contributed by atoms with Crippen LogP contribution in [0.3, 0.4) is 0 Å². The van der Waals surface area contributed by atoms with Crippen LogP contribution in [0, 0.1) is 5.82 Å². The van der Waals surface area contributed by atoms with Crippen molar-refractivity contribution in [3.8, 4) is 11.3 Å². The van der Waals surface area contributed by atoms with E-state index in [0.29, 0.717) is 18.1 Å². The number of thiazole rings is 1. The third kappa shape index (κ3) is 4.95. The predicted molar refractivity (Wildman–Crippen MR) is 124 cm³/mol. The smallest absolute Gasteiger partial charge is 0.404 e. The molecule has 2 N–H and O–H groups in total. The number of nitrogens with zero attached hydrogens (tertiary/aromatic N) is 2. The maximum Gasteiger partial charge on any atom is 0.404 e. The normalized spacial score (nSPS) is 13.7. The molecule has 0 bridgehead atoms. The summed E-state index contributed by atoms with van der Waals surface area (Å²) < 4.78 is 41.7. The highest BCUT2D eigenvalue weighted by Crippen LogP contribution is 2.37. The molecule has 1 fully saturated rings. The van der Waals surface area contributed by atoms with Crippen LogP contribution in [0.5, 0.6) is 0 Å². The number of sulfone groups is 1. The number of hydrogen-bond acceptors (Lipinski definition) is 6. The molecule has 0 spiro atoms. The molecule has 4 rings (SSSR count). The summed E-state index contributed by atoms with van der Waals surface area (Å²) in [7, 11) is -4.15. The summed E-state index contributed by atoms with van der Waals surface area (Å²) in [5.41, 5.74) is 0.259. The molecule has 1 saturated heterocycles. The Morgan fingerprint density at radius 3 is 2.56 bits per heavy atom. The van der Waals surface area contributed by atoms with Crippen molar-refractivity contribution >= 4 is 33.2 Å². The average molecular weight is 504 g/mol. The zero-order chi connectivity index (χ0) is 24.3. The molecule has 178 valence electrons. The van der Waals surface area contributed by atoms with E-state index in [1.54, 1.807) is 17.0 Å². The van der Waals surface area contributed by atoms with Crippen LogP contribution in [0.15, 0.2) is 57.6 Å². The average Bonchev–Trinajstić information content (AvgIpc) is 3.50. The molecule has 2 heterocycles. The zero-order valence-electron chi connectivity index (χ0n) is 18.0. The molecule has 2 aromatic carbocycles. The summed E-state index contributed by atoms with van der Waals surface area (Å²) in [6.07, 6.45) is 0.756. The minimum Gasteiger partial charge on any atom is -0.465 e. The number of likely N-dealkylation sites (tertiary alicyclic amines) is 1. The molecule has 0 saturated carbocycles. The Bertz CT molecular complexity index is 1330. The third-order valence-corrected chi connectivity index (χ3v) is 8.79. The number of carbonyl (C=O) groups excluding carboxylic acids is 1. The van der Waals surface area contributed by atoms with Crippen LogP contribution in [-0.4, -0.2) is 55.0 Å². The lowest BCUT2D eigenvalue weighted by atomic mass is 10.1. The van der Waals surface area contributed by atoms with E-state index in [-0.39, 0.29) is 44.8 Å². The SMILES string of the molecule is O=C(O)NCCc1nc(-c2ccccc2F)c(S(=O)(=O)c2cccc(C(=O)N3CCCC3)c2)s1. The number of amides is 2. The molecule has 1 aliphatic heterocycles. The number of carboxylic acid groups (broad SMARTS) is 1. The molecule has 0 atom stereocenters. The van der Waals surface area contributed by atoms with Gasteiger partial charge in [0.25, 0.3) is 5.91 Å². The molecule has 0 aliphatic carbocycles. The lowest BCUT2D eigenvalue weighted by molar-refractivity contribution is 0.0792. The van der Waals surface area contributed by atoms with Crippen molar-refractivity contribution in [1.29, 1.82) is 0 Å². The van der Waals surface area contributed by atoms with Crippen molar-refractivity contribution in [1.82, 2.24) is 15.2 Å². The van der Waals surface area contributed by atoms with Gasteiger partial charge in [-0.05, 0) is 43.2 Å². The molecule has 0 unspecified atom stereocenters. The number of benzene rings is 2. The lowest BCUT2D eigenvalue weighted by Crippen LogP contribution is -2.27. The number of rotatable bonds is 7. The number of aromatic nitrogens is 1. The topological polar surface area (TPSA) is 117 Å². The van der Waals surface area contributed by atoms with Crippen molar-refractivity contribution in [2.45, 2.75) is 28.4 Å². The minimum absolute atomic E-state index is 0.0267. The van der Waals surface area contributed by atoms with Gasteiger partial charge in [-0.15, -0.1) is 11.3 Å². The highest BCUT2D eigenvalue weighted by atomic mass is 32.2. The summed E-state index contributed by atoms with van der Waals surface area (Å²) >= 11 is 0.862. The molecular formula is C23H22FN3O5S2. The van der Waals surface area contributed by atoms with Crippen LogP contribution >= 0.6 is 11.3 Å². The summed E-state index contributed by atoms with van der Waals surface area (Å²) in [6, 6.07) is 11.5. The fourth-order valence-corrected chi connectivity index (χ4v) is 6.73. The zero-order valence-corrected chi connectivity index (χ0v) is 19.7. The van der Waals surface area contributed by atoms with Crippen LogP contribution in [0.4, 0.5) is 9.18 Å². The van der Waals surface area contributed by atoms with Gasteiger partial charge in [0.15, 0.2) is 4.21 Å². The molecular weight excluding hydrogens is 481 g/mol. The van der Waals surface area contributed by atoms with Gasteiger partial charge < -0.3 is 15.3 Å². The molecule has 3 aromatic rings. The molecule has 1 aliphatic rings. The fraction of sp³-hybridized carbons (Fsp3) is 0.261. The van der Waals surface area contributed by atoms with Crippen molar-refractivity contribution in [2.75, 3.05) is 19.6 Å². The predicted octanol–water partition coefficient (Wildman–Crippen LogP) is 3.83. The van der Waals surface area contributed by atoms with Crippen LogP contribution in [-0.2, 0) is 16.3 Å². The molecule has 8 nitrogen and oxygen atoms in total. The highest BCUT2D eigenvalue weighted by molar-refractivity contribution is 7.93. The first-order valence-corrected chi connectivity index (χ1v) is 12.9. The molecule has 34 heavy (non-hydrogen) atoms. The molecule has 1 aromatic heterocycles. The molecule has 0 radical (unpaired) electrons. The van der Waals surface area contributed by atoms with Crippen molar-refractivity contribution in [3.63, 3.8) is 0 Å². The second kappa shape index (κ2) is 9.90. The molecule has 2 amide bonds. The maximum atomic E-state index is 14.6. The van der Waals surface area contributed by atoms with Gasteiger partial charge in [0.2, 0.25) is 9.84 Å². The van der Waals surface area contributed by atoms with Gasteiger partial charge in [0.1, 0.15) is 11.5 Å². The Kier molecular flexibility index (Phi) is 6.94. The van der Waals surface area contributed by atoms with E-state index in [9.17, 15) is 22.4 Å². The first-order chi connectivity index (χ1) is 16.3. The standard InChI is InChI=1S/C23H22FN3O5S2/c24-18-9-2-1-8-17(18)20-22(33-19(26-20)10-11-25-23(29)30)34(31,32)16-7-5-6-15(14-16)21(28)27-12-3-4-13-27/h1-2,5-9,14,25H,3-4,10-13H2,(H,29,30). The Morgan fingerprint density at radius 1 is 1.12 bits per heavy atom. The van der Waals surface area contributed by atoms with E-state index in [1.807, 2.05) is 0 Å². The number of carbonyl (C=O) groups is 2. The van der Waals surface area contributed by atoms with Gasteiger partial charge >= 0.3 is 6.09 Å². The summed E-state index contributed by atoms with van der Waals surface area (Å²) in [6.45, 7) is 1.30.